The van der Waals surface area contributed by atoms with Gasteiger partial charge >= 0.3 is 6.18 Å². The Morgan fingerprint density at radius 3 is 2.38 bits per heavy atom. The number of halogens is 4. The largest absolute Gasteiger partial charge is 0.451 e. The van der Waals surface area contributed by atoms with Gasteiger partial charge in [0.15, 0.2) is 11.6 Å². The molecule has 2 aromatic heterocycles. The molecule has 1 aromatic carbocycles. The number of alkyl halides is 3. The summed E-state index contributed by atoms with van der Waals surface area (Å²) in [5.41, 5.74) is 1.83. The molecule has 0 spiro atoms. The van der Waals surface area contributed by atoms with Crippen LogP contribution in [0.4, 0.5) is 24.8 Å². The molecule has 3 aromatic rings. The third-order valence-corrected chi connectivity index (χ3v) is 9.83. The van der Waals surface area contributed by atoms with E-state index in [0.717, 1.165) is 24.8 Å². The maximum absolute atomic E-state index is 14.0. The molecule has 52 heavy (non-hydrogen) atoms. The Labute approximate surface area is 306 Å². The molecular weight excluding hydrogens is 697 g/mol. The number of carbonyl (C=O) groups excluding carboxylic acids is 3. The highest BCUT2D eigenvalue weighted by Crippen LogP contribution is 2.35. The third kappa shape index (κ3) is 10.9. The Balaban J connectivity index is 1.08. The maximum Gasteiger partial charge on any atom is 0.451 e. The first-order chi connectivity index (χ1) is 25.0. The molecule has 11 nitrogen and oxygen atoms in total. The molecule has 15 heteroatoms. The van der Waals surface area contributed by atoms with Gasteiger partial charge in [0.25, 0.3) is 0 Å². The molecule has 5 rings (SSSR count). The van der Waals surface area contributed by atoms with Crippen molar-refractivity contribution in [2.45, 2.75) is 89.3 Å². The monoisotopic (exact) mass is 738 g/mol. The van der Waals surface area contributed by atoms with Crippen LogP contribution in [0.25, 0.3) is 0 Å². The van der Waals surface area contributed by atoms with Gasteiger partial charge in [0, 0.05) is 57.6 Å². The highest BCUT2D eigenvalue weighted by atomic mass is 35.5. The third-order valence-electron chi connectivity index (χ3n) is 9.62. The number of hydrogen-bond acceptors (Lipinski definition) is 10. The van der Waals surface area contributed by atoms with Crippen LogP contribution in [0, 0.1) is 17.2 Å². The van der Waals surface area contributed by atoms with Crippen molar-refractivity contribution < 1.29 is 27.6 Å². The molecule has 1 atom stereocenters. The number of aryl methyl sites for hydroxylation is 1. The average molecular weight is 739 g/mol. The highest BCUT2D eigenvalue weighted by molar-refractivity contribution is 6.29. The van der Waals surface area contributed by atoms with Crippen molar-refractivity contribution in [3.8, 4) is 6.07 Å². The summed E-state index contributed by atoms with van der Waals surface area (Å²) in [6.45, 7) is 1.85. The summed E-state index contributed by atoms with van der Waals surface area (Å²) < 4.78 is 42.0. The van der Waals surface area contributed by atoms with Crippen LogP contribution in [0.3, 0.4) is 0 Å². The van der Waals surface area contributed by atoms with Crippen LogP contribution in [0.2, 0.25) is 5.15 Å². The van der Waals surface area contributed by atoms with Gasteiger partial charge in [-0.15, -0.1) is 0 Å². The van der Waals surface area contributed by atoms with Gasteiger partial charge < -0.3 is 15.1 Å². The minimum absolute atomic E-state index is 0.0196. The number of carbonyl (C=O) groups is 3. The number of nitrogens with one attached hydrogen (secondary N) is 1. The first kappa shape index (κ1) is 38.6. The van der Waals surface area contributed by atoms with E-state index in [1.54, 1.807) is 23.1 Å². The van der Waals surface area contributed by atoms with Crippen molar-refractivity contribution in [3.05, 3.63) is 70.5 Å². The van der Waals surface area contributed by atoms with Crippen molar-refractivity contribution in [1.82, 2.24) is 25.3 Å². The Morgan fingerprint density at radius 1 is 0.923 bits per heavy atom. The zero-order valence-electron chi connectivity index (χ0n) is 28.9. The van der Waals surface area contributed by atoms with E-state index in [1.807, 2.05) is 17.0 Å². The zero-order chi connectivity index (χ0) is 37.1. The number of benzene rings is 1. The van der Waals surface area contributed by atoms with Crippen molar-refractivity contribution in [1.29, 1.82) is 5.26 Å². The summed E-state index contributed by atoms with van der Waals surface area (Å²) in [6, 6.07) is 11.7. The van der Waals surface area contributed by atoms with E-state index in [2.05, 4.69) is 31.3 Å². The number of anilines is 2. The van der Waals surface area contributed by atoms with Crippen molar-refractivity contribution in [2.75, 3.05) is 36.0 Å². The van der Waals surface area contributed by atoms with E-state index in [1.165, 1.54) is 12.4 Å². The Kier molecular flexibility index (Phi) is 13.5. The summed E-state index contributed by atoms with van der Waals surface area (Å²) in [4.78, 5) is 56.9. The molecule has 2 aliphatic heterocycles. The fourth-order valence-corrected chi connectivity index (χ4v) is 6.94. The number of amides is 1. The van der Waals surface area contributed by atoms with E-state index in [9.17, 15) is 27.6 Å². The summed E-state index contributed by atoms with van der Waals surface area (Å²) in [5, 5.41) is 12.0. The van der Waals surface area contributed by atoms with Crippen LogP contribution in [0.5, 0.6) is 0 Å². The first-order valence-electron chi connectivity index (χ1n) is 17.8. The van der Waals surface area contributed by atoms with Crippen LogP contribution in [-0.4, -0.2) is 69.6 Å². The molecule has 4 heterocycles. The predicted molar refractivity (Wildman–Crippen MR) is 189 cm³/mol. The van der Waals surface area contributed by atoms with Crippen molar-refractivity contribution >= 4 is 40.7 Å². The van der Waals surface area contributed by atoms with Crippen LogP contribution >= 0.6 is 11.6 Å². The molecule has 0 unspecified atom stereocenters. The van der Waals surface area contributed by atoms with Gasteiger partial charge in [0.05, 0.1) is 17.7 Å². The summed E-state index contributed by atoms with van der Waals surface area (Å²) in [7, 11) is 0. The predicted octanol–water partition coefficient (Wildman–Crippen LogP) is 6.54. The molecular formula is C37H42ClF3N8O3. The molecule has 1 N–H and O–H groups in total. The van der Waals surface area contributed by atoms with Crippen LogP contribution < -0.4 is 15.1 Å². The number of aromatic nitrogens is 4. The van der Waals surface area contributed by atoms with Gasteiger partial charge in [-0.25, -0.2) is 19.9 Å². The topological polar surface area (TPSA) is 145 Å². The SMILES string of the molecule is N#Cc1ccc(CCCC(=O)[C@@H]2CCCN2c2cc(N3CCC(CCCC(=O)NCCCC(=O)c4cc(Cl)ncn4)CC3)nc(C(F)(F)F)n2)cc1. The van der Waals surface area contributed by atoms with Gasteiger partial charge in [-0.05, 0) is 81.4 Å². The number of ketones is 2. The lowest BCUT2D eigenvalue weighted by molar-refractivity contribution is -0.144. The second kappa shape index (κ2) is 18.2. The Morgan fingerprint density at radius 2 is 1.67 bits per heavy atom. The van der Waals surface area contributed by atoms with Crippen molar-refractivity contribution in [2.24, 2.45) is 5.92 Å². The lowest BCUT2D eigenvalue weighted by Crippen LogP contribution is -2.38. The Bertz CT molecular complexity index is 1740. The molecule has 2 saturated heterocycles. The van der Waals surface area contributed by atoms with Gasteiger partial charge in [-0.1, -0.05) is 23.7 Å². The van der Waals surface area contributed by atoms with Crippen molar-refractivity contribution in [3.63, 3.8) is 0 Å². The normalized spacial score (nSPS) is 16.5. The molecule has 0 bridgehead atoms. The quantitative estimate of drug-likeness (QED) is 0.0978. The molecule has 0 saturated carbocycles. The van der Waals surface area contributed by atoms with Gasteiger partial charge in [0.1, 0.15) is 28.8 Å². The lowest BCUT2D eigenvalue weighted by atomic mass is 9.91. The van der Waals surface area contributed by atoms with Crippen LogP contribution in [0.15, 0.2) is 42.7 Å². The van der Waals surface area contributed by atoms with E-state index in [-0.39, 0.29) is 46.4 Å². The average Bonchev–Trinajstić information content (AvgIpc) is 3.64. The molecule has 276 valence electrons. The second-order valence-corrected chi connectivity index (χ2v) is 13.7. The lowest BCUT2D eigenvalue weighted by Gasteiger charge is -2.34. The maximum atomic E-state index is 14.0. The molecule has 0 radical (unpaired) electrons. The number of piperidine rings is 1. The standard InChI is InChI=1S/C37H42ClF3N8O3/c38-32-21-28(44-24-45-32)30(50)9-3-17-43-35(52)10-2-6-26-15-19-48(20-16-26)33-22-34(47-36(46-33)37(39,40)41)49-18-4-7-29(49)31(51)8-1-5-25-11-13-27(23-42)14-12-25/h11-14,21-22,24,26,29H,1-10,15-20H2,(H,43,52)/t29-/m0/s1. The van der Waals surface area contributed by atoms with Gasteiger partial charge in [-0.2, -0.15) is 18.4 Å². The summed E-state index contributed by atoms with van der Waals surface area (Å²) in [6.07, 6.45) is 3.33. The Hall–Kier alpha value is -4.64. The summed E-state index contributed by atoms with van der Waals surface area (Å²) in [5.74, 6) is -0.838. The van der Waals surface area contributed by atoms with Gasteiger partial charge in [-0.3, -0.25) is 14.4 Å². The van der Waals surface area contributed by atoms with Gasteiger partial charge in [0.2, 0.25) is 11.7 Å². The fourth-order valence-electron chi connectivity index (χ4n) is 6.79. The zero-order valence-corrected chi connectivity index (χ0v) is 29.6. The molecule has 1 amide bonds. The number of nitriles is 1. The summed E-state index contributed by atoms with van der Waals surface area (Å²) >= 11 is 5.80. The van der Waals surface area contributed by atoms with Crippen LogP contribution in [-0.2, 0) is 22.2 Å². The van der Waals surface area contributed by atoms with E-state index in [0.29, 0.717) is 89.0 Å². The number of Topliss-reactive ketones (excluding diaryl/α,β-unsaturated/α-hetero) is 2. The minimum Gasteiger partial charge on any atom is -0.356 e. The molecule has 0 aliphatic carbocycles. The number of nitrogens with zero attached hydrogens (tertiary/aromatic N) is 7. The van der Waals surface area contributed by atoms with Crippen LogP contribution in [0.1, 0.15) is 98.1 Å². The molecule has 2 aliphatic rings. The minimum atomic E-state index is -4.75. The fraction of sp³-hybridized carbons (Fsp3) is 0.514. The van der Waals surface area contributed by atoms with E-state index < -0.39 is 18.0 Å². The first-order valence-corrected chi connectivity index (χ1v) is 18.1. The highest BCUT2D eigenvalue weighted by Gasteiger charge is 2.38. The van der Waals surface area contributed by atoms with E-state index >= 15 is 0 Å². The number of rotatable bonds is 16. The second-order valence-electron chi connectivity index (χ2n) is 13.3. The number of hydrogen-bond donors (Lipinski definition) is 1. The van der Waals surface area contributed by atoms with E-state index in [4.69, 9.17) is 16.9 Å². The molecule has 2 fully saturated rings. The smallest absolute Gasteiger partial charge is 0.356 e.